The Morgan fingerprint density at radius 1 is 1.04 bits per heavy atom. The quantitative estimate of drug-likeness (QED) is 0.607. The molecule has 5 nitrogen and oxygen atoms in total. The Morgan fingerprint density at radius 3 is 2.41 bits per heavy atom. The van der Waals surface area contributed by atoms with E-state index < -0.39 is 5.91 Å². The predicted octanol–water partition coefficient (Wildman–Crippen LogP) is 3.81. The molecule has 1 aliphatic heterocycles. The molecule has 0 unspecified atom stereocenters. The fourth-order valence-corrected chi connectivity index (χ4v) is 3.10. The lowest BCUT2D eigenvalue weighted by molar-refractivity contribution is -0.117. The summed E-state index contributed by atoms with van der Waals surface area (Å²) >= 11 is 0. The highest BCUT2D eigenvalue weighted by Gasteiger charge is 2.11. The van der Waals surface area contributed by atoms with Crippen molar-refractivity contribution in [3.8, 4) is 6.07 Å². The average molecular weight is 360 g/mol. The van der Waals surface area contributed by atoms with E-state index in [-0.39, 0.29) is 5.57 Å². The molecule has 0 spiro atoms. The number of nitrogens with one attached hydrogen (secondary N) is 2. The summed E-state index contributed by atoms with van der Waals surface area (Å²) in [5, 5.41) is 15.1. The van der Waals surface area contributed by atoms with Gasteiger partial charge in [0, 0.05) is 37.2 Å². The summed E-state index contributed by atoms with van der Waals surface area (Å²) in [4.78, 5) is 14.6. The number of nitriles is 1. The highest BCUT2D eigenvalue weighted by atomic mass is 16.1. The zero-order chi connectivity index (χ0) is 18.9. The minimum Gasteiger partial charge on any atom is -0.372 e. The molecule has 3 rings (SSSR count). The van der Waals surface area contributed by atoms with E-state index in [9.17, 15) is 10.1 Å². The van der Waals surface area contributed by atoms with Crippen LogP contribution >= 0.6 is 0 Å². The van der Waals surface area contributed by atoms with Gasteiger partial charge >= 0.3 is 0 Å². The van der Waals surface area contributed by atoms with Gasteiger partial charge in [-0.15, -0.1) is 0 Å². The van der Waals surface area contributed by atoms with E-state index in [2.05, 4.69) is 27.7 Å². The van der Waals surface area contributed by atoms with Crippen LogP contribution < -0.4 is 15.5 Å². The van der Waals surface area contributed by atoms with Crippen LogP contribution in [0.4, 0.5) is 11.4 Å². The first-order valence-electron chi connectivity index (χ1n) is 9.30. The van der Waals surface area contributed by atoms with Crippen molar-refractivity contribution in [1.29, 1.82) is 5.26 Å². The van der Waals surface area contributed by atoms with Crippen LogP contribution in [0.1, 0.15) is 24.8 Å². The summed E-state index contributed by atoms with van der Waals surface area (Å²) in [6, 6.07) is 19.6. The van der Waals surface area contributed by atoms with Crippen LogP contribution in [0.2, 0.25) is 0 Å². The lowest BCUT2D eigenvalue weighted by Gasteiger charge is -2.28. The van der Waals surface area contributed by atoms with Crippen molar-refractivity contribution in [2.45, 2.75) is 25.8 Å². The van der Waals surface area contributed by atoms with Crippen LogP contribution in [-0.4, -0.2) is 19.0 Å². The number of carbonyl (C=O) groups excluding carboxylic acids is 1. The molecule has 2 aromatic rings. The molecule has 0 atom stereocenters. The number of anilines is 2. The molecule has 2 N–H and O–H groups in total. The zero-order valence-corrected chi connectivity index (χ0v) is 15.3. The average Bonchev–Trinajstić information content (AvgIpc) is 2.74. The second-order valence-electron chi connectivity index (χ2n) is 6.58. The smallest absolute Gasteiger partial charge is 0.263 e. The number of amides is 1. The fraction of sp³-hybridized carbons (Fsp3) is 0.273. The van der Waals surface area contributed by atoms with Gasteiger partial charge in [0.2, 0.25) is 0 Å². The van der Waals surface area contributed by atoms with Crippen LogP contribution in [0.25, 0.3) is 0 Å². The van der Waals surface area contributed by atoms with Crippen molar-refractivity contribution in [3.05, 3.63) is 71.9 Å². The van der Waals surface area contributed by atoms with Gasteiger partial charge in [-0.25, -0.2) is 0 Å². The summed E-state index contributed by atoms with van der Waals surface area (Å²) in [7, 11) is 0. The van der Waals surface area contributed by atoms with Crippen LogP contribution in [0, 0.1) is 11.3 Å². The first-order chi connectivity index (χ1) is 13.3. The van der Waals surface area contributed by atoms with E-state index in [1.807, 2.05) is 48.5 Å². The molecule has 1 aliphatic rings. The second-order valence-corrected chi connectivity index (χ2v) is 6.58. The van der Waals surface area contributed by atoms with Gasteiger partial charge in [-0.2, -0.15) is 5.26 Å². The number of rotatable bonds is 6. The highest BCUT2D eigenvalue weighted by Crippen LogP contribution is 2.21. The molecule has 1 heterocycles. The van der Waals surface area contributed by atoms with Gasteiger partial charge < -0.3 is 15.5 Å². The zero-order valence-electron chi connectivity index (χ0n) is 15.3. The molecule has 27 heavy (non-hydrogen) atoms. The lowest BCUT2D eigenvalue weighted by Crippen LogP contribution is -2.29. The third-order valence-corrected chi connectivity index (χ3v) is 4.63. The SMILES string of the molecule is N#C/C(=C/Nc1ccc(N2CCCCC2)cc1)C(=O)NCc1ccccc1. The van der Waals surface area contributed by atoms with E-state index in [0.29, 0.717) is 6.54 Å². The van der Waals surface area contributed by atoms with Crippen molar-refractivity contribution in [1.82, 2.24) is 5.32 Å². The normalized spacial score (nSPS) is 14.3. The molecule has 2 aromatic carbocycles. The maximum absolute atomic E-state index is 12.2. The largest absolute Gasteiger partial charge is 0.372 e. The summed E-state index contributed by atoms with van der Waals surface area (Å²) in [5.41, 5.74) is 3.10. The van der Waals surface area contributed by atoms with Gasteiger partial charge in [0.1, 0.15) is 11.6 Å². The van der Waals surface area contributed by atoms with Crippen molar-refractivity contribution in [2.24, 2.45) is 0 Å². The Hall–Kier alpha value is -3.26. The third-order valence-electron chi connectivity index (χ3n) is 4.63. The van der Waals surface area contributed by atoms with Gasteiger partial charge in [0.25, 0.3) is 5.91 Å². The van der Waals surface area contributed by atoms with Crippen LogP contribution in [0.3, 0.4) is 0 Å². The van der Waals surface area contributed by atoms with Crippen molar-refractivity contribution < 1.29 is 4.79 Å². The number of hydrogen-bond acceptors (Lipinski definition) is 4. The van der Waals surface area contributed by atoms with E-state index in [1.54, 1.807) is 0 Å². The van der Waals surface area contributed by atoms with Gasteiger partial charge in [-0.3, -0.25) is 4.79 Å². The monoisotopic (exact) mass is 360 g/mol. The standard InChI is InChI=1S/C22H24N4O/c23-15-19(22(27)25-16-18-7-3-1-4-8-18)17-24-20-9-11-21(12-10-20)26-13-5-2-6-14-26/h1,3-4,7-12,17,24H,2,5-6,13-14,16H2,(H,25,27)/b19-17-. The molecule has 0 aromatic heterocycles. The summed E-state index contributed by atoms with van der Waals surface area (Å²) in [6.07, 6.45) is 5.25. The molecule has 5 heteroatoms. The van der Waals surface area contributed by atoms with Crippen LogP contribution in [0.15, 0.2) is 66.4 Å². The lowest BCUT2D eigenvalue weighted by atomic mass is 10.1. The summed E-state index contributed by atoms with van der Waals surface area (Å²) in [5.74, 6) is -0.390. The van der Waals surface area contributed by atoms with Gasteiger partial charge in [-0.1, -0.05) is 30.3 Å². The summed E-state index contributed by atoms with van der Waals surface area (Å²) < 4.78 is 0. The Balaban J connectivity index is 1.56. The molecule has 1 saturated heterocycles. The van der Waals surface area contributed by atoms with Gasteiger partial charge in [0.05, 0.1) is 0 Å². The first kappa shape index (κ1) is 18.5. The Kier molecular flexibility index (Phi) is 6.48. The number of hydrogen-bond donors (Lipinski definition) is 2. The molecule has 0 saturated carbocycles. The molecule has 0 aliphatic carbocycles. The topological polar surface area (TPSA) is 68.2 Å². The fourth-order valence-electron chi connectivity index (χ4n) is 3.10. The Bertz CT molecular complexity index is 816. The first-order valence-corrected chi connectivity index (χ1v) is 9.30. The minimum atomic E-state index is -0.390. The molecular weight excluding hydrogens is 336 g/mol. The van der Waals surface area contributed by atoms with Crippen molar-refractivity contribution >= 4 is 17.3 Å². The van der Waals surface area contributed by atoms with Crippen LogP contribution in [0.5, 0.6) is 0 Å². The predicted molar refractivity (Wildman–Crippen MR) is 108 cm³/mol. The molecular formula is C22H24N4O. The Morgan fingerprint density at radius 2 is 1.74 bits per heavy atom. The molecule has 138 valence electrons. The highest BCUT2D eigenvalue weighted by molar-refractivity contribution is 5.97. The number of carbonyl (C=O) groups is 1. The summed E-state index contributed by atoms with van der Waals surface area (Å²) in [6.45, 7) is 2.60. The van der Waals surface area contributed by atoms with Gasteiger partial charge in [-0.05, 0) is 49.1 Å². The molecule has 0 radical (unpaired) electrons. The number of piperidine rings is 1. The number of benzene rings is 2. The van der Waals surface area contributed by atoms with Gasteiger partial charge in [0.15, 0.2) is 0 Å². The number of nitrogens with zero attached hydrogens (tertiary/aromatic N) is 2. The minimum absolute atomic E-state index is 0.0473. The molecule has 1 fully saturated rings. The van der Waals surface area contributed by atoms with E-state index in [4.69, 9.17) is 0 Å². The second kappa shape index (κ2) is 9.44. The maximum Gasteiger partial charge on any atom is 0.263 e. The van der Waals surface area contributed by atoms with Crippen molar-refractivity contribution in [3.63, 3.8) is 0 Å². The van der Waals surface area contributed by atoms with E-state index in [1.165, 1.54) is 31.1 Å². The van der Waals surface area contributed by atoms with E-state index in [0.717, 1.165) is 24.3 Å². The van der Waals surface area contributed by atoms with Crippen LogP contribution in [-0.2, 0) is 11.3 Å². The maximum atomic E-state index is 12.2. The van der Waals surface area contributed by atoms with E-state index >= 15 is 0 Å². The molecule has 0 bridgehead atoms. The third kappa shape index (κ3) is 5.35. The van der Waals surface area contributed by atoms with Crippen molar-refractivity contribution in [2.75, 3.05) is 23.3 Å². The Labute approximate surface area is 160 Å². The molecule has 1 amide bonds.